The van der Waals surface area contributed by atoms with E-state index >= 15 is 0 Å². The number of rotatable bonds is 7. The lowest BCUT2D eigenvalue weighted by molar-refractivity contribution is -0.135. The van der Waals surface area contributed by atoms with E-state index in [2.05, 4.69) is 4.72 Å². The Kier molecular flexibility index (Phi) is 6.15. The second kappa shape index (κ2) is 6.29. The van der Waals surface area contributed by atoms with E-state index < -0.39 is 35.0 Å². The molecule has 0 heterocycles. The van der Waals surface area contributed by atoms with Gasteiger partial charge in [-0.05, 0) is 12.8 Å². The zero-order valence-corrected chi connectivity index (χ0v) is 8.86. The molecule has 0 aliphatic carbocycles. The molecule has 0 amide bonds. The van der Waals surface area contributed by atoms with Crippen molar-refractivity contribution in [2.75, 3.05) is 18.9 Å². The summed E-state index contributed by atoms with van der Waals surface area (Å²) < 4.78 is 58.9. The molecule has 0 aromatic heterocycles. The lowest BCUT2D eigenvalue weighted by Crippen LogP contribution is -2.28. The number of unbranched alkanes of at least 4 members (excludes halogenated alkanes) is 1. The van der Waals surface area contributed by atoms with Gasteiger partial charge in [0, 0.05) is 13.0 Å². The molecule has 0 aliphatic heterocycles. The van der Waals surface area contributed by atoms with Gasteiger partial charge in [-0.3, -0.25) is 0 Å². The number of halogens is 3. The van der Waals surface area contributed by atoms with Gasteiger partial charge in [0.2, 0.25) is 10.0 Å². The topological polar surface area (TPSA) is 66.4 Å². The number of aliphatic hydroxyl groups is 1. The molecule has 4 nitrogen and oxygen atoms in total. The fourth-order valence-electron chi connectivity index (χ4n) is 0.870. The van der Waals surface area contributed by atoms with Gasteiger partial charge >= 0.3 is 6.18 Å². The molecule has 0 aromatic rings. The van der Waals surface area contributed by atoms with Gasteiger partial charge in [0.25, 0.3) is 0 Å². The van der Waals surface area contributed by atoms with Gasteiger partial charge in [0.05, 0.1) is 12.4 Å². The predicted octanol–water partition coefficient (Wildman–Crippen LogP) is 0.631. The molecule has 0 bridgehead atoms. The second-order valence-corrected chi connectivity index (χ2v) is 4.94. The zero-order chi connectivity index (χ0) is 11.9. The first-order valence-electron chi connectivity index (χ1n) is 4.42. The molecule has 0 atom stereocenters. The Balaban J connectivity index is 3.55. The Labute approximate surface area is 86.5 Å². The van der Waals surface area contributed by atoms with E-state index in [0.29, 0.717) is 0 Å². The van der Waals surface area contributed by atoms with Gasteiger partial charge in [-0.15, -0.1) is 0 Å². The van der Waals surface area contributed by atoms with Crippen molar-refractivity contribution in [3.05, 3.63) is 0 Å². The number of nitrogens with one attached hydrogen (secondary N) is 1. The second-order valence-electron chi connectivity index (χ2n) is 3.01. The molecule has 92 valence electrons. The van der Waals surface area contributed by atoms with Gasteiger partial charge in [0.15, 0.2) is 0 Å². The van der Waals surface area contributed by atoms with Gasteiger partial charge < -0.3 is 5.11 Å². The lowest BCUT2D eigenvalue weighted by Gasteiger charge is -2.06. The summed E-state index contributed by atoms with van der Waals surface area (Å²) in [6, 6.07) is 0. The molecule has 0 aromatic carbocycles. The number of alkyl halides is 3. The van der Waals surface area contributed by atoms with Crippen molar-refractivity contribution in [1.82, 2.24) is 4.72 Å². The van der Waals surface area contributed by atoms with Crippen LogP contribution in [0.1, 0.15) is 19.3 Å². The van der Waals surface area contributed by atoms with Gasteiger partial charge in [-0.1, -0.05) is 0 Å². The summed E-state index contributed by atoms with van der Waals surface area (Å²) in [5.41, 5.74) is 0. The molecule has 0 rings (SSSR count). The van der Waals surface area contributed by atoms with E-state index in [9.17, 15) is 21.6 Å². The van der Waals surface area contributed by atoms with Gasteiger partial charge in [0.1, 0.15) is 0 Å². The van der Waals surface area contributed by atoms with Crippen LogP contribution in [0, 0.1) is 0 Å². The molecule has 0 saturated heterocycles. The van der Waals surface area contributed by atoms with Crippen molar-refractivity contribution >= 4 is 10.0 Å². The van der Waals surface area contributed by atoms with E-state index in [0.717, 1.165) is 0 Å². The molecule has 0 spiro atoms. The minimum absolute atomic E-state index is 0.0294. The number of hydrogen-bond acceptors (Lipinski definition) is 3. The van der Waals surface area contributed by atoms with Gasteiger partial charge in [-0.25, -0.2) is 13.1 Å². The van der Waals surface area contributed by atoms with Crippen LogP contribution in [-0.4, -0.2) is 38.6 Å². The van der Waals surface area contributed by atoms with E-state index in [1.165, 1.54) is 0 Å². The quantitative estimate of drug-likeness (QED) is 0.650. The van der Waals surface area contributed by atoms with Crippen molar-refractivity contribution in [1.29, 1.82) is 0 Å². The maximum Gasteiger partial charge on any atom is 0.389 e. The van der Waals surface area contributed by atoms with E-state index in [1.807, 2.05) is 0 Å². The Morgan fingerprint density at radius 2 is 1.80 bits per heavy atom. The summed E-state index contributed by atoms with van der Waals surface area (Å²) in [6.07, 6.45) is -5.08. The van der Waals surface area contributed by atoms with Crippen molar-refractivity contribution in [2.24, 2.45) is 0 Å². The zero-order valence-electron chi connectivity index (χ0n) is 8.05. The molecule has 0 aliphatic rings. The first kappa shape index (κ1) is 14.7. The highest BCUT2D eigenvalue weighted by atomic mass is 32.2. The first-order valence-corrected chi connectivity index (χ1v) is 6.07. The Morgan fingerprint density at radius 1 is 1.20 bits per heavy atom. The lowest BCUT2D eigenvalue weighted by atomic mass is 10.2. The SMILES string of the molecule is O=S(=O)(CCO)NCCCCC(F)(F)F. The summed E-state index contributed by atoms with van der Waals surface area (Å²) >= 11 is 0. The normalized spacial score (nSPS) is 13.1. The number of sulfonamides is 1. The van der Waals surface area contributed by atoms with Crippen LogP contribution in [0.3, 0.4) is 0 Å². The first-order chi connectivity index (χ1) is 6.77. The largest absolute Gasteiger partial charge is 0.395 e. The van der Waals surface area contributed by atoms with Gasteiger partial charge in [-0.2, -0.15) is 13.2 Å². The van der Waals surface area contributed by atoms with Crippen LogP contribution in [0.25, 0.3) is 0 Å². The van der Waals surface area contributed by atoms with E-state index in [-0.39, 0.29) is 19.4 Å². The van der Waals surface area contributed by atoms with Crippen molar-refractivity contribution in [3.8, 4) is 0 Å². The summed E-state index contributed by atoms with van der Waals surface area (Å²) in [4.78, 5) is 0. The number of hydrogen-bond donors (Lipinski definition) is 2. The third-order valence-electron chi connectivity index (χ3n) is 1.57. The van der Waals surface area contributed by atoms with Crippen molar-refractivity contribution in [3.63, 3.8) is 0 Å². The number of aliphatic hydroxyl groups excluding tert-OH is 1. The average Bonchev–Trinajstić information content (AvgIpc) is 2.00. The molecule has 0 radical (unpaired) electrons. The third kappa shape index (κ3) is 9.95. The Bertz CT molecular complexity index is 263. The summed E-state index contributed by atoms with van der Waals surface area (Å²) in [5.74, 6) is -0.424. The van der Waals surface area contributed by atoms with Crippen LogP contribution in [0.5, 0.6) is 0 Å². The minimum Gasteiger partial charge on any atom is -0.395 e. The molecular formula is C7H14F3NO3S. The van der Waals surface area contributed by atoms with Crippen LogP contribution >= 0.6 is 0 Å². The fourth-order valence-corrected chi connectivity index (χ4v) is 1.71. The summed E-state index contributed by atoms with van der Waals surface area (Å²) in [5, 5.41) is 8.34. The maximum atomic E-state index is 11.7. The smallest absolute Gasteiger partial charge is 0.389 e. The van der Waals surface area contributed by atoms with Crippen LogP contribution in [0.4, 0.5) is 13.2 Å². The standard InChI is InChI=1S/C7H14F3NO3S/c8-7(9,10)3-1-2-4-11-15(13,14)6-5-12/h11-12H,1-6H2. The molecule has 0 fully saturated rings. The molecule has 2 N–H and O–H groups in total. The monoisotopic (exact) mass is 249 g/mol. The molecular weight excluding hydrogens is 235 g/mol. The minimum atomic E-state index is -4.19. The fraction of sp³-hybridized carbons (Fsp3) is 1.00. The van der Waals surface area contributed by atoms with E-state index in [1.54, 1.807) is 0 Å². The summed E-state index contributed by atoms with van der Waals surface area (Å²) in [7, 11) is -3.53. The molecule has 0 unspecified atom stereocenters. The Hall–Kier alpha value is -0.340. The molecule has 8 heteroatoms. The van der Waals surface area contributed by atoms with Crippen LogP contribution in [-0.2, 0) is 10.0 Å². The highest BCUT2D eigenvalue weighted by molar-refractivity contribution is 7.89. The highest BCUT2D eigenvalue weighted by Gasteiger charge is 2.25. The van der Waals surface area contributed by atoms with Crippen molar-refractivity contribution < 1.29 is 26.7 Å². The van der Waals surface area contributed by atoms with E-state index in [4.69, 9.17) is 5.11 Å². The maximum absolute atomic E-state index is 11.7. The van der Waals surface area contributed by atoms with Crippen molar-refractivity contribution in [2.45, 2.75) is 25.4 Å². The predicted molar refractivity (Wildman–Crippen MR) is 48.8 cm³/mol. The molecule has 15 heavy (non-hydrogen) atoms. The van der Waals surface area contributed by atoms with Crippen LogP contribution < -0.4 is 4.72 Å². The Morgan fingerprint density at radius 3 is 2.27 bits per heavy atom. The summed E-state index contributed by atoms with van der Waals surface area (Å²) in [6.45, 7) is -0.531. The highest BCUT2D eigenvalue weighted by Crippen LogP contribution is 2.21. The van der Waals surface area contributed by atoms with Crippen LogP contribution in [0.15, 0.2) is 0 Å². The third-order valence-corrected chi connectivity index (χ3v) is 2.93. The van der Waals surface area contributed by atoms with Crippen LogP contribution in [0.2, 0.25) is 0 Å². The average molecular weight is 249 g/mol. The molecule has 0 saturated carbocycles.